The van der Waals surface area contributed by atoms with E-state index in [1.165, 1.54) is 14.2 Å². The zero-order valence-electron chi connectivity index (χ0n) is 12.7. The Morgan fingerprint density at radius 1 is 0.520 bits per heavy atom. The summed E-state index contributed by atoms with van der Waals surface area (Å²) in [7, 11) is -5.95. The zero-order chi connectivity index (χ0) is 16.6. The molecule has 0 aliphatic carbocycles. The van der Waals surface area contributed by atoms with E-state index in [-0.39, 0.29) is 0 Å². The van der Waals surface area contributed by atoms with Crippen LogP contribution in [-0.2, 0) is 0 Å². The van der Waals surface area contributed by atoms with Gasteiger partial charge in [0, 0.05) is 0 Å². The number of nitrogens with zero attached hydrogens (tertiary/aromatic N) is 3. The molecule has 0 fully saturated rings. The topological polar surface area (TPSA) is 67.0 Å². The van der Waals surface area contributed by atoms with Crippen molar-refractivity contribution >= 4 is 8.09 Å². The fourth-order valence-corrected chi connectivity index (χ4v) is 7.20. The second kappa shape index (κ2) is 3.44. The molecule has 25 heavy (non-hydrogen) atoms. The standard InChI is InChI=1S/C15H12N3O6Si/c1-4-10-16-13(7-1)19-25(22-16,20-14-8-2-5-11-17(14)23-25)21-15-9-3-6-12-18(15)24-25/h1-12H/q+1. The fourth-order valence-electron chi connectivity index (χ4n) is 3.22. The second-order valence-electron chi connectivity index (χ2n) is 5.92. The third kappa shape index (κ3) is 1.37. The Kier molecular flexibility index (Phi) is 1.77. The molecule has 9 nitrogen and oxygen atoms in total. The summed E-state index contributed by atoms with van der Waals surface area (Å²) in [5.41, 5.74) is 0. The van der Waals surface area contributed by atoms with Crippen LogP contribution in [0.2, 0.25) is 0 Å². The molecule has 126 valence electrons. The van der Waals surface area contributed by atoms with E-state index in [4.69, 9.17) is 26.9 Å². The Balaban J connectivity index is 1.64. The van der Waals surface area contributed by atoms with Crippen LogP contribution in [0.4, 0.5) is 0 Å². The summed E-state index contributed by atoms with van der Waals surface area (Å²) in [6, 6.07) is 15.8. The molecule has 1 spiro atoms. The number of hydrogen-bond acceptors (Lipinski definition) is 6. The number of aromatic nitrogens is 3. The van der Waals surface area contributed by atoms with Gasteiger partial charge in [0.05, 0.1) is 0 Å². The average Bonchev–Trinajstić information content (AvgIpc) is 3.18. The van der Waals surface area contributed by atoms with Crippen molar-refractivity contribution in [3.8, 4) is 17.6 Å². The van der Waals surface area contributed by atoms with Gasteiger partial charge in [0.1, 0.15) is 0 Å². The SMILES string of the molecule is c1cc[n+]2c(c1)O[Si-2]13(Oc4cccc[n+]4O1)(Oc1cccc[n+]1O3)O2. The van der Waals surface area contributed by atoms with E-state index in [1.807, 2.05) is 0 Å². The Morgan fingerprint density at radius 3 is 1.20 bits per heavy atom. The predicted octanol–water partition coefficient (Wildman–Crippen LogP) is -1.25. The van der Waals surface area contributed by atoms with Gasteiger partial charge < -0.3 is 0 Å². The number of hydrogen-bond donors (Lipinski definition) is 0. The van der Waals surface area contributed by atoms with Crippen molar-refractivity contribution in [2.45, 2.75) is 0 Å². The van der Waals surface area contributed by atoms with Crippen molar-refractivity contribution in [2.75, 3.05) is 0 Å². The van der Waals surface area contributed by atoms with Crippen LogP contribution in [0.25, 0.3) is 0 Å². The summed E-state index contributed by atoms with van der Waals surface area (Å²) in [4.78, 5) is 0. The van der Waals surface area contributed by atoms with Crippen LogP contribution in [-0.4, -0.2) is 8.09 Å². The van der Waals surface area contributed by atoms with Crippen LogP contribution >= 0.6 is 0 Å². The van der Waals surface area contributed by atoms with Crippen molar-refractivity contribution in [3.63, 3.8) is 0 Å². The molecule has 0 radical (unpaired) electrons. The van der Waals surface area contributed by atoms with Gasteiger partial charge in [-0.05, 0) is 0 Å². The molecule has 3 aliphatic rings. The van der Waals surface area contributed by atoms with Gasteiger partial charge in [0.25, 0.3) is 0 Å². The Bertz CT molecular complexity index is 858. The molecule has 3 aromatic heterocycles. The summed E-state index contributed by atoms with van der Waals surface area (Å²) in [6.07, 6.45) is 4.95. The molecule has 3 aromatic rings. The van der Waals surface area contributed by atoms with Gasteiger partial charge in [0.2, 0.25) is 0 Å². The van der Waals surface area contributed by atoms with Crippen molar-refractivity contribution < 1.29 is 41.0 Å². The molecule has 10 heteroatoms. The van der Waals surface area contributed by atoms with Gasteiger partial charge in [0.15, 0.2) is 0 Å². The van der Waals surface area contributed by atoms with Gasteiger partial charge in [-0.15, -0.1) is 0 Å². The van der Waals surface area contributed by atoms with E-state index in [0.717, 1.165) is 0 Å². The van der Waals surface area contributed by atoms with Crippen LogP contribution in [0.5, 0.6) is 17.6 Å². The van der Waals surface area contributed by atoms with Gasteiger partial charge in [-0.1, -0.05) is 0 Å². The first-order valence-electron chi connectivity index (χ1n) is 7.70. The fraction of sp³-hybridized carbons (Fsp3) is 0. The van der Waals surface area contributed by atoms with Crippen LogP contribution in [0.1, 0.15) is 0 Å². The quantitative estimate of drug-likeness (QED) is 0.370. The normalized spacial score (nSPS) is 23.5. The zero-order valence-corrected chi connectivity index (χ0v) is 13.7. The molecule has 0 saturated carbocycles. The number of rotatable bonds is 0. The number of pyridine rings is 3. The van der Waals surface area contributed by atoms with Gasteiger partial charge in [-0.3, -0.25) is 0 Å². The molecule has 6 heterocycles. The first kappa shape index (κ1) is 12.8. The summed E-state index contributed by atoms with van der Waals surface area (Å²) < 4.78 is 40.7. The first-order valence-corrected chi connectivity index (χ1v) is 10.1. The second-order valence-corrected chi connectivity index (χ2v) is 9.58. The Hall–Kier alpha value is -3.53. The third-order valence-corrected chi connectivity index (χ3v) is 7.74. The molecule has 0 unspecified atom stereocenters. The molecule has 0 N–H and O–H groups in total. The molecule has 0 saturated heterocycles. The summed E-state index contributed by atoms with van der Waals surface area (Å²) in [5.74, 6) is 0.983. The average molecular weight is 358 g/mol. The molecule has 0 aromatic carbocycles. The minimum atomic E-state index is -5.95. The van der Waals surface area contributed by atoms with Gasteiger partial charge >= 0.3 is 140 Å². The molecule has 3 aliphatic heterocycles. The molecular weight excluding hydrogens is 346 g/mol. The van der Waals surface area contributed by atoms with E-state index >= 15 is 0 Å². The van der Waals surface area contributed by atoms with Crippen molar-refractivity contribution in [3.05, 3.63) is 73.2 Å². The van der Waals surface area contributed by atoms with E-state index < -0.39 is 8.09 Å². The third-order valence-electron chi connectivity index (χ3n) is 4.16. The molecule has 0 amide bonds. The first-order chi connectivity index (χ1) is 12.1. The van der Waals surface area contributed by atoms with Crippen LogP contribution < -0.4 is 41.0 Å². The molecule has 0 atom stereocenters. The summed E-state index contributed by atoms with van der Waals surface area (Å²) >= 11 is 0. The van der Waals surface area contributed by atoms with Crippen molar-refractivity contribution in [1.29, 1.82) is 0 Å². The van der Waals surface area contributed by atoms with E-state index in [2.05, 4.69) is 0 Å². The van der Waals surface area contributed by atoms with Crippen molar-refractivity contribution in [2.24, 2.45) is 0 Å². The monoisotopic (exact) mass is 358 g/mol. The van der Waals surface area contributed by atoms with E-state index in [0.29, 0.717) is 17.6 Å². The van der Waals surface area contributed by atoms with E-state index in [1.54, 1.807) is 73.2 Å². The van der Waals surface area contributed by atoms with Crippen LogP contribution in [0.3, 0.4) is 0 Å². The maximum atomic E-state index is 6.12. The van der Waals surface area contributed by atoms with Crippen LogP contribution in [0.15, 0.2) is 73.2 Å². The van der Waals surface area contributed by atoms with Crippen molar-refractivity contribution in [1.82, 2.24) is 0 Å². The predicted molar refractivity (Wildman–Crippen MR) is 77.3 cm³/mol. The minimum absolute atomic E-state index is 0.328. The summed E-state index contributed by atoms with van der Waals surface area (Å²) in [5, 5.41) is 0. The maximum absolute atomic E-state index is 6.12. The van der Waals surface area contributed by atoms with E-state index in [9.17, 15) is 0 Å². The molecular formula is C15H12N3O6Si+. The Labute approximate surface area is 140 Å². The number of fused-ring (bicyclic) bond motifs is 3. The summed E-state index contributed by atoms with van der Waals surface area (Å²) in [6.45, 7) is 0. The van der Waals surface area contributed by atoms with Gasteiger partial charge in [-0.25, -0.2) is 0 Å². The molecule has 0 bridgehead atoms. The van der Waals surface area contributed by atoms with Crippen LogP contribution in [0, 0.1) is 0 Å². The Morgan fingerprint density at radius 2 is 0.880 bits per heavy atom. The molecule has 6 rings (SSSR count). The van der Waals surface area contributed by atoms with Gasteiger partial charge in [-0.2, -0.15) is 0 Å².